The maximum absolute atomic E-state index is 2.36. The molecule has 1 aromatic heterocycles. The highest BCUT2D eigenvalue weighted by Gasteiger charge is 2.16. The molecule has 0 radical (unpaired) electrons. The zero-order valence-electron chi connectivity index (χ0n) is 32.9. The summed E-state index contributed by atoms with van der Waals surface area (Å²) in [6, 6.07) is 86.1. The molecule has 282 valence electrons. The zero-order valence-corrected chi connectivity index (χ0v) is 33.7. The molecule has 0 saturated carbocycles. The van der Waals surface area contributed by atoms with E-state index in [2.05, 4.69) is 241 Å². The highest BCUT2D eigenvalue weighted by atomic mass is 32.1. The first kappa shape index (κ1) is 35.6. The average molecular weight is 782 g/mol. The second-order valence-electron chi connectivity index (χ2n) is 15.3. The van der Waals surface area contributed by atoms with Gasteiger partial charge in [-0.2, -0.15) is 0 Å². The van der Waals surface area contributed by atoms with Gasteiger partial charge in [0.1, 0.15) is 0 Å². The third kappa shape index (κ3) is 6.63. The van der Waals surface area contributed by atoms with Crippen molar-refractivity contribution in [2.75, 3.05) is 4.90 Å². The Kier molecular flexibility index (Phi) is 9.11. The largest absolute Gasteiger partial charge is 0.311 e. The van der Waals surface area contributed by atoms with E-state index in [9.17, 15) is 0 Å². The van der Waals surface area contributed by atoms with E-state index < -0.39 is 0 Å². The number of hydrogen-bond donors (Lipinski definition) is 0. The topological polar surface area (TPSA) is 3.24 Å². The van der Waals surface area contributed by atoms with Gasteiger partial charge in [-0.3, -0.25) is 0 Å². The maximum atomic E-state index is 2.36. The van der Waals surface area contributed by atoms with Gasteiger partial charge >= 0.3 is 0 Å². The first-order valence-electron chi connectivity index (χ1n) is 20.5. The lowest BCUT2D eigenvalue weighted by atomic mass is 9.91. The molecule has 60 heavy (non-hydrogen) atoms. The Morgan fingerprint density at radius 2 is 0.700 bits per heavy atom. The van der Waals surface area contributed by atoms with Crippen LogP contribution in [0.4, 0.5) is 17.1 Å². The van der Waals surface area contributed by atoms with Gasteiger partial charge in [-0.1, -0.05) is 182 Å². The van der Waals surface area contributed by atoms with Gasteiger partial charge in [0.2, 0.25) is 0 Å². The minimum Gasteiger partial charge on any atom is -0.311 e. The number of hydrogen-bond acceptors (Lipinski definition) is 2. The summed E-state index contributed by atoms with van der Waals surface area (Å²) in [7, 11) is 0. The smallest absolute Gasteiger partial charge is 0.0462 e. The van der Waals surface area contributed by atoms with Crippen LogP contribution in [0, 0.1) is 0 Å². The Hall–Kier alpha value is -7.52. The van der Waals surface area contributed by atoms with Crippen molar-refractivity contribution in [2.45, 2.75) is 0 Å². The van der Waals surface area contributed by atoms with Gasteiger partial charge < -0.3 is 4.90 Å². The lowest BCUT2D eigenvalue weighted by molar-refractivity contribution is 1.28. The Morgan fingerprint density at radius 3 is 1.42 bits per heavy atom. The van der Waals surface area contributed by atoms with Crippen LogP contribution in [-0.4, -0.2) is 0 Å². The van der Waals surface area contributed by atoms with Crippen LogP contribution in [0.3, 0.4) is 0 Å². The molecule has 1 nitrogen and oxygen atoms in total. The van der Waals surface area contributed by atoms with Gasteiger partial charge in [-0.05, 0) is 121 Å². The summed E-state index contributed by atoms with van der Waals surface area (Å²) < 4.78 is 2.65. The summed E-state index contributed by atoms with van der Waals surface area (Å²) in [6.07, 6.45) is 0. The molecule has 2 heteroatoms. The van der Waals surface area contributed by atoms with Crippen molar-refractivity contribution in [3.8, 4) is 55.6 Å². The quantitative estimate of drug-likeness (QED) is 0.148. The molecule has 0 N–H and O–H groups in total. The standard InChI is InChI=1S/C58H39NS/c1-2-12-40(13-3-1)41-24-31-48(32-25-41)59(49-33-26-42(27-34-49)45-30-37-56-55-21-8-9-23-57(55)60-58(56)39-45)50-35-28-44(29-36-50)52-19-6-7-20-53(52)46-16-10-17-47(38-46)54-22-11-15-43-14-4-5-18-51(43)54/h1-39H. The molecule has 1 heterocycles. The highest BCUT2D eigenvalue weighted by Crippen LogP contribution is 2.41. The van der Waals surface area contributed by atoms with E-state index in [0.29, 0.717) is 0 Å². The molecule has 0 bridgehead atoms. The van der Waals surface area contributed by atoms with E-state index in [0.717, 1.165) is 17.1 Å². The fraction of sp³-hybridized carbons (Fsp3) is 0. The number of nitrogens with zero attached hydrogens (tertiary/aromatic N) is 1. The molecular weight excluding hydrogens is 743 g/mol. The van der Waals surface area contributed by atoms with Crippen LogP contribution in [0.2, 0.25) is 0 Å². The van der Waals surface area contributed by atoms with Crippen molar-refractivity contribution in [1.82, 2.24) is 0 Å². The van der Waals surface area contributed by atoms with E-state index in [1.54, 1.807) is 0 Å². The maximum Gasteiger partial charge on any atom is 0.0462 e. The van der Waals surface area contributed by atoms with Crippen molar-refractivity contribution in [3.63, 3.8) is 0 Å². The summed E-state index contributed by atoms with van der Waals surface area (Å²) in [4.78, 5) is 2.36. The zero-order chi connectivity index (χ0) is 39.8. The van der Waals surface area contributed by atoms with Crippen LogP contribution < -0.4 is 4.90 Å². The molecule has 0 aliphatic carbocycles. The molecule has 10 aromatic carbocycles. The van der Waals surface area contributed by atoms with E-state index in [1.807, 2.05) is 11.3 Å². The van der Waals surface area contributed by atoms with Crippen LogP contribution in [0.15, 0.2) is 237 Å². The summed E-state index contributed by atoms with van der Waals surface area (Å²) in [5, 5.41) is 5.17. The molecule has 0 aliphatic rings. The van der Waals surface area contributed by atoms with Gasteiger partial charge in [0, 0.05) is 37.2 Å². The van der Waals surface area contributed by atoms with Crippen molar-refractivity contribution in [1.29, 1.82) is 0 Å². The number of fused-ring (bicyclic) bond motifs is 4. The predicted octanol–water partition coefficient (Wildman–Crippen LogP) is 17.0. The van der Waals surface area contributed by atoms with Crippen LogP contribution in [-0.2, 0) is 0 Å². The molecule has 0 unspecified atom stereocenters. The number of rotatable bonds is 8. The Balaban J connectivity index is 0.949. The number of anilines is 3. The van der Waals surface area contributed by atoms with Crippen molar-refractivity contribution in [3.05, 3.63) is 237 Å². The summed E-state index contributed by atoms with van der Waals surface area (Å²) in [5.41, 5.74) is 15.4. The fourth-order valence-corrected chi connectivity index (χ4v) is 9.84. The molecular formula is C58H39NS. The Bertz CT molecular complexity index is 3280. The van der Waals surface area contributed by atoms with Crippen LogP contribution >= 0.6 is 11.3 Å². The SMILES string of the molecule is c1ccc(-c2ccc(N(c3ccc(-c4ccc5c(c4)sc4ccccc45)cc3)c3ccc(-c4ccccc4-c4cccc(-c5cccc6ccccc56)c4)cc3)cc2)cc1. The first-order valence-corrected chi connectivity index (χ1v) is 21.3. The summed E-state index contributed by atoms with van der Waals surface area (Å²) >= 11 is 1.86. The van der Waals surface area contributed by atoms with Crippen LogP contribution in [0.1, 0.15) is 0 Å². The van der Waals surface area contributed by atoms with Gasteiger partial charge in [0.25, 0.3) is 0 Å². The summed E-state index contributed by atoms with van der Waals surface area (Å²) in [5.74, 6) is 0. The Labute approximate surface area is 354 Å². The van der Waals surface area contributed by atoms with E-state index >= 15 is 0 Å². The second-order valence-corrected chi connectivity index (χ2v) is 16.4. The molecule has 0 amide bonds. The third-order valence-corrected chi connectivity index (χ3v) is 12.8. The van der Waals surface area contributed by atoms with Gasteiger partial charge in [-0.25, -0.2) is 0 Å². The van der Waals surface area contributed by atoms with E-state index in [4.69, 9.17) is 0 Å². The normalized spacial score (nSPS) is 11.3. The summed E-state index contributed by atoms with van der Waals surface area (Å²) in [6.45, 7) is 0. The van der Waals surface area contributed by atoms with E-state index in [-0.39, 0.29) is 0 Å². The lowest BCUT2D eigenvalue weighted by Gasteiger charge is -2.26. The van der Waals surface area contributed by atoms with Crippen LogP contribution in [0.5, 0.6) is 0 Å². The van der Waals surface area contributed by atoms with Crippen LogP contribution in [0.25, 0.3) is 86.6 Å². The minimum absolute atomic E-state index is 1.10. The number of benzene rings is 10. The minimum atomic E-state index is 1.10. The molecule has 0 fully saturated rings. The first-order chi connectivity index (χ1) is 29.7. The van der Waals surface area contributed by atoms with Gasteiger partial charge in [-0.15, -0.1) is 11.3 Å². The second kappa shape index (κ2) is 15.3. The molecule has 11 aromatic rings. The fourth-order valence-electron chi connectivity index (χ4n) is 8.70. The molecule has 0 saturated heterocycles. The molecule has 0 atom stereocenters. The lowest BCUT2D eigenvalue weighted by Crippen LogP contribution is -2.09. The predicted molar refractivity (Wildman–Crippen MR) is 259 cm³/mol. The highest BCUT2D eigenvalue weighted by molar-refractivity contribution is 7.25. The van der Waals surface area contributed by atoms with Crippen molar-refractivity contribution >= 4 is 59.3 Å². The Morgan fingerprint density at radius 1 is 0.250 bits per heavy atom. The molecule has 0 aliphatic heterocycles. The van der Waals surface area contributed by atoms with E-state index in [1.165, 1.54) is 86.6 Å². The van der Waals surface area contributed by atoms with Crippen molar-refractivity contribution < 1.29 is 0 Å². The van der Waals surface area contributed by atoms with Crippen molar-refractivity contribution in [2.24, 2.45) is 0 Å². The van der Waals surface area contributed by atoms with Gasteiger partial charge in [0.05, 0.1) is 0 Å². The molecule has 11 rings (SSSR count). The monoisotopic (exact) mass is 781 g/mol. The number of thiophene rings is 1. The molecule has 0 spiro atoms. The average Bonchev–Trinajstić information content (AvgIpc) is 3.70. The third-order valence-electron chi connectivity index (χ3n) is 11.7. The van der Waals surface area contributed by atoms with Gasteiger partial charge in [0.15, 0.2) is 0 Å².